The zero-order valence-electron chi connectivity index (χ0n) is 11.1. The monoisotopic (exact) mass is 282 g/mol. The first-order valence-electron chi connectivity index (χ1n) is 6.51. The third kappa shape index (κ3) is 2.92. The molecule has 1 nitrogen and oxygen atoms in total. The van der Waals surface area contributed by atoms with Crippen molar-refractivity contribution in [1.82, 2.24) is 0 Å². The summed E-state index contributed by atoms with van der Waals surface area (Å²) in [5.74, 6) is -0.831. The van der Waals surface area contributed by atoms with Gasteiger partial charge in [-0.2, -0.15) is 0 Å². The van der Waals surface area contributed by atoms with Crippen LogP contribution in [0.5, 0.6) is 11.5 Å². The van der Waals surface area contributed by atoms with Crippen LogP contribution in [0.2, 0.25) is 0 Å². The van der Waals surface area contributed by atoms with Crippen LogP contribution in [0.25, 0.3) is 11.1 Å². The Balaban J connectivity index is 2.00. The number of rotatable bonds is 3. The summed E-state index contributed by atoms with van der Waals surface area (Å²) in [6.07, 6.45) is 0. The minimum atomic E-state index is -0.724. The van der Waals surface area contributed by atoms with Crippen molar-refractivity contribution in [2.45, 2.75) is 0 Å². The number of para-hydroxylation sites is 1. The topological polar surface area (TPSA) is 9.23 Å². The second-order valence-corrected chi connectivity index (χ2v) is 4.54. The van der Waals surface area contributed by atoms with Crippen LogP contribution in [-0.2, 0) is 0 Å². The van der Waals surface area contributed by atoms with Crippen molar-refractivity contribution in [2.24, 2.45) is 0 Å². The molecule has 0 spiro atoms. The molecule has 0 aliphatic heterocycles. The molecule has 0 aliphatic rings. The molecule has 0 radical (unpaired) electrons. The SMILES string of the molecule is Fc1ccc(Oc2ccccc2-c2ccccc2)c(F)c1. The van der Waals surface area contributed by atoms with E-state index in [2.05, 4.69) is 0 Å². The molecular weight excluding hydrogens is 270 g/mol. The molecule has 0 bridgehead atoms. The molecule has 0 unspecified atom stereocenters. The quantitative estimate of drug-likeness (QED) is 0.623. The Labute approximate surface area is 121 Å². The number of hydrogen-bond donors (Lipinski definition) is 0. The van der Waals surface area contributed by atoms with Crippen molar-refractivity contribution in [3.05, 3.63) is 84.4 Å². The van der Waals surface area contributed by atoms with E-state index in [1.165, 1.54) is 12.1 Å². The Morgan fingerprint density at radius 1 is 0.667 bits per heavy atom. The molecule has 0 aliphatic carbocycles. The molecule has 0 saturated carbocycles. The van der Waals surface area contributed by atoms with Crippen LogP contribution in [0.15, 0.2) is 72.8 Å². The average molecular weight is 282 g/mol. The second-order valence-electron chi connectivity index (χ2n) is 4.54. The van der Waals surface area contributed by atoms with Gasteiger partial charge in [-0.15, -0.1) is 0 Å². The first kappa shape index (κ1) is 13.3. The highest BCUT2D eigenvalue weighted by Gasteiger charge is 2.10. The van der Waals surface area contributed by atoms with Gasteiger partial charge in [0.25, 0.3) is 0 Å². The Hall–Kier alpha value is -2.68. The fourth-order valence-electron chi connectivity index (χ4n) is 2.09. The van der Waals surface area contributed by atoms with Gasteiger partial charge in [0.1, 0.15) is 11.6 Å². The predicted octanol–water partition coefficient (Wildman–Crippen LogP) is 5.42. The molecule has 0 N–H and O–H groups in total. The molecule has 0 amide bonds. The standard InChI is InChI=1S/C18H12F2O/c19-14-10-11-18(16(20)12-14)21-17-9-5-4-8-15(17)13-6-2-1-3-7-13/h1-12H. The van der Waals surface area contributed by atoms with E-state index in [-0.39, 0.29) is 5.75 Å². The van der Waals surface area contributed by atoms with Gasteiger partial charge in [0.15, 0.2) is 11.6 Å². The normalized spacial score (nSPS) is 10.4. The zero-order valence-corrected chi connectivity index (χ0v) is 11.1. The number of halogens is 2. The molecule has 3 aromatic rings. The van der Waals surface area contributed by atoms with Gasteiger partial charge in [-0.3, -0.25) is 0 Å². The van der Waals surface area contributed by atoms with Gasteiger partial charge in [0.2, 0.25) is 0 Å². The lowest BCUT2D eigenvalue weighted by Gasteiger charge is -2.11. The van der Waals surface area contributed by atoms with E-state index in [9.17, 15) is 8.78 Å². The van der Waals surface area contributed by atoms with E-state index in [1.54, 1.807) is 6.07 Å². The maximum Gasteiger partial charge on any atom is 0.168 e. The summed E-state index contributed by atoms with van der Waals surface area (Å²) in [6, 6.07) is 20.3. The number of benzene rings is 3. The summed E-state index contributed by atoms with van der Waals surface area (Å²) in [4.78, 5) is 0. The molecule has 0 heterocycles. The minimum Gasteiger partial charge on any atom is -0.454 e. The number of hydrogen-bond acceptors (Lipinski definition) is 1. The van der Waals surface area contributed by atoms with Gasteiger partial charge in [-0.1, -0.05) is 48.5 Å². The molecule has 3 rings (SSSR count). The third-order valence-corrected chi connectivity index (χ3v) is 3.09. The van der Waals surface area contributed by atoms with Gasteiger partial charge in [0, 0.05) is 11.6 Å². The van der Waals surface area contributed by atoms with E-state index in [0.29, 0.717) is 5.75 Å². The van der Waals surface area contributed by atoms with Gasteiger partial charge >= 0.3 is 0 Å². The average Bonchev–Trinajstić information content (AvgIpc) is 2.51. The smallest absolute Gasteiger partial charge is 0.168 e. The van der Waals surface area contributed by atoms with Gasteiger partial charge in [0.05, 0.1) is 0 Å². The molecule has 21 heavy (non-hydrogen) atoms. The highest BCUT2D eigenvalue weighted by molar-refractivity contribution is 5.70. The van der Waals surface area contributed by atoms with Crippen molar-refractivity contribution in [1.29, 1.82) is 0 Å². The van der Waals surface area contributed by atoms with Crippen LogP contribution in [0.1, 0.15) is 0 Å². The van der Waals surface area contributed by atoms with Gasteiger partial charge < -0.3 is 4.74 Å². The Morgan fingerprint density at radius 3 is 2.14 bits per heavy atom. The number of ether oxygens (including phenoxy) is 1. The predicted molar refractivity (Wildman–Crippen MR) is 78.3 cm³/mol. The van der Waals surface area contributed by atoms with Crippen molar-refractivity contribution < 1.29 is 13.5 Å². The fourth-order valence-corrected chi connectivity index (χ4v) is 2.09. The molecule has 104 valence electrons. The van der Waals surface area contributed by atoms with Crippen LogP contribution in [0.4, 0.5) is 8.78 Å². The van der Waals surface area contributed by atoms with Gasteiger partial charge in [-0.25, -0.2) is 8.78 Å². The summed E-state index contributed by atoms with van der Waals surface area (Å²) in [6.45, 7) is 0. The van der Waals surface area contributed by atoms with Gasteiger partial charge in [-0.05, 0) is 23.8 Å². The van der Waals surface area contributed by atoms with E-state index in [0.717, 1.165) is 17.2 Å². The first-order valence-corrected chi connectivity index (χ1v) is 6.51. The summed E-state index contributed by atoms with van der Waals surface area (Å²) >= 11 is 0. The summed E-state index contributed by atoms with van der Waals surface area (Å²) < 4.78 is 32.2. The Kier molecular flexibility index (Phi) is 3.65. The zero-order chi connectivity index (χ0) is 14.7. The van der Waals surface area contributed by atoms with Crippen molar-refractivity contribution in [2.75, 3.05) is 0 Å². The van der Waals surface area contributed by atoms with Crippen LogP contribution >= 0.6 is 0 Å². The maximum atomic E-state index is 13.7. The van der Waals surface area contributed by atoms with Crippen LogP contribution in [0, 0.1) is 11.6 Å². The maximum absolute atomic E-state index is 13.7. The first-order chi connectivity index (χ1) is 10.2. The highest BCUT2D eigenvalue weighted by Crippen LogP contribution is 2.34. The fraction of sp³-hybridized carbons (Fsp3) is 0. The van der Waals surface area contributed by atoms with E-state index >= 15 is 0 Å². The largest absolute Gasteiger partial charge is 0.454 e. The second kappa shape index (κ2) is 5.75. The molecule has 3 heteroatoms. The van der Waals surface area contributed by atoms with E-state index in [4.69, 9.17) is 4.74 Å². The van der Waals surface area contributed by atoms with Crippen LogP contribution < -0.4 is 4.74 Å². The van der Waals surface area contributed by atoms with E-state index in [1.807, 2.05) is 48.5 Å². The Morgan fingerprint density at radius 2 is 1.38 bits per heavy atom. The minimum absolute atomic E-state index is 0.000203. The molecule has 0 atom stereocenters. The van der Waals surface area contributed by atoms with E-state index < -0.39 is 11.6 Å². The van der Waals surface area contributed by atoms with Crippen LogP contribution in [0.3, 0.4) is 0 Å². The van der Waals surface area contributed by atoms with Crippen molar-refractivity contribution in [3.8, 4) is 22.6 Å². The third-order valence-electron chi connectivity index (χ3n) is 3.09. The lowest BCUT2D eigenvalue weighted by Crippen LogP contribution is -1.91. The molecule has 0 aromatic heterocycles. The summed E-state index contributed by atoms with van der Waals surface area (Å²) in [7, 11) is 0. The lowest BCUT2D eigenvalue weighted by atomic mass is 10.0. The highest BCUT2D eigenvalue weighted by atomic mass is 19.1. The van der Waals surface area contributed by atoms with Crippen molar-refractivity contribution >= 4 is 0 Å². The summed E-state index contributed by atoms with van der Waals surface area (Å²) in [5.41, 5.74) is 1.82. The van der Waals surface area contributed by atoms with Crippen molar-refractivity contribution in [3.63, 3.8) is 0 Å². The molecule has 0 fully saturated rings. The van der Waals surface area contributed by atoms with Crippen LogP contribution in [-0.4, -0.2) is 0 Å². The molecule has 0 saturated heterocycles. The molecule has 3 aromatic carbocycles. The summed E-state index contributed by atoms with van der Waals surface area (Å²) in [5, 5.41) is 0. The molecular formula is C18H12F2O. The Bertz CT molecular complexity index is 754. The lowest BCUT2D eigenvalue weighted by molar-refractivity contribution is 0.439.